The van der Waals surface area contributed by atoms with E-state index < -0.39 is 11.7 Å². The second-order valence-corrected chi connectivity index (χ2v) is 8.21. The molecule has 3 amide bonds. The lowest BCUT2D eigenvalue weighted by atomic mass is 10.2. The normalized spacial score (nSPS) is 10.8. The van der Waals surface area contributed by atoms with Crippen LogP contribution < -0.4 is 16.0 Å². The summed E-state index contributed by atoms with van der Waals surface area (Å²) in [5, 5.41) is 8.61. The Labute approximate surface area is 185 Å². The Kier molecular flexibility index (Phi) is 8.08. The van der Waals surface area contributed by atoms with Gasteiger partial charge in [-0.1, -0.05) is 29.3 Å². The zero-order valence-corrected chi connectivity index (χ0v) is 18.4. The van der Waals surface area contributed by atoms with E-state index in [1.54, 1.807) is 57.2 Å². The third-order valence-corrected chi connectivity index (χ3v) is 4.35. The molecule has 0 radical (unpaired) electrons. The number of alkyl carbamates (subject to hydrolysis) is 1. The van der Waals surface area contributed by atoms with Gasteiger partial charge in [-0.15, -0.1) is 0 Å². The monoisotopic (exact) mass is 451 g/mol. The number of benzene rings is 2. The first-order valence-electron chi connectivity index (χ1n) is 9.17. The van der Waals surface area contributed by atoms with Crippen molar-refractivity contribution >= 4 is 52.5 Å². The van der Waals surface area contributed by atoms with E-state index in [4.69, 9.17) is 27.9 Å². The largest absolute Gasteiger partial charge is 0.444 e. The summed E-state index contributed by atoms with van der Waals surface area (Å²) in [4.78, 5) is 36.0. The molecule has 2 rings (SSSR count). The van der Waals surface area contributed by atoms with Gasteiger partial charge in [0.2, 0.25) is 5.91 Å². The second-order valence-electron chi connectivity index (χ2n) is 7.39. The van der Waals surface area contributed by atoms with Gasteiger partial charge in [-0.3, -0.25) is 9.59 Å². The zero-order valence-electron chi connectivity index (χ0n) is 16.8. The Morgan fingerprint density at radius 1 is 0.933 bits per heavy atom. The maximum Gasteiger partial charge on any atom is 0.407 e. The van der Waals surface area contributed by atoms with E-state index in [0.717, 1.165) is 0 Å². The highest BCUT2D eigenvalue weighted by atomic mass is 35.5. The minimum Gasteiger partial charge on any atom is -0.444 e. The number of halogens is 2. The Bertz CT molecular complexity index is 942. The van der Waals surface area contributed by atoms with Crippen LogP contribution in [0.1, 0.15) is 37.6 Å². The number of rotatable bonds is 6. The second kappa shape index (κ2) is 10.3. The number of carbonyl (C=O) groups excluding carboxylic acids is 3. The first-order valence-corrected chi connectivity index (χ1v) is 9.92. The molecule has 0 saturated heterocycles. The topological polar surface area (TPSA) is 96.5 Å². The number of nitrogens with one attached hydrogen (secondary N) is 3. The molecular formula is C21H23Cl2N3O4. The third-order valence-electron chi connectivity index (χ3n) is 3.61. The molecular weight excluding hydrogens is 429 g/mol. The summed E-state index contributed by atoms with van der Waals surface area (Å²) in [5.41, 5.74) is 0.751. The number of hydrogen-bond donors (Lipinski definition) is 3. The molecule has 3 N–H and O–H groups in total. The van der Waals surface area contributed by atoms with Gasteiger partial charge in [0, 0.05) is 29.9 Å². The third kappa shape index (κ3) is 7.93. The van der Waals surface area contributed by atoms with E-state index in [9.17, 15) is 14.4 Å². The first-order chi connectivity index (χ1) is 14.0. The van der Waals surface area contributed by atoms with Crippen molar-refractivity contribution in [1.29, 1.82) is 0 Å². The van der Waals surface area contributed by atoms with Gasteiger partial charge in [0.15, 0.2) is 0 Å². The van der Waals surface area contributed by atoms with Crippen LogP contribution in [0.25, 0.3) is 0 Å². The molecule has 0 spiro atoms. The fraction of sp³-hybridized carbons (Fsp3) is 0.286. The number of anilines is 2. The molecule has 0 atom stereocenters. The highest BCUT2D eigenvalue weighted by Crippen LogP contribution is 2.23. The summed E-state index contributed by atoms with van der Waals surface area (Å²) < 4.78 is 5.10. The number of hydrogen-bond acceptors (Lipinski definition) is 4. The van der Waals surface area contributed by atoms with Crippen molar-refractivity contribution in [3.63, 3.8) is 0 Å². The standard InChI is InChI=1S/C21H23Cl2N3O4/c1-21(2,3)30-20(29)24-10-9-18(27)25-14-5-4-6-15(12-14)26-19(28)13-7-8-16(22)17(23)11-13/h4-8,11-12H,9-10H2,1-3H3,(H,24,29)(H,25,27)(H,26,28). The summed E-state index contributed by atoms with van der Waals surface area (Å²) >= 11 is 11.8. The highest BCUT2D eigenvalue weighted by Gasteiger charge is 2.16. The molecule has 2 aromatic carbocycles. The molecule has 0 aliphatic rings. The van der Waals surface area contributed by atoms with Crippen molar-refractivity contribution in [3.8, 4) is 0 Å². The van der Waals surface area contributed by atoms with Gasteiger partial charge >= 0.3 is 6.09 Å². The maximum atomic E-state index is 12.4. The SMILES string of the molecule is CC(C)(C)OC(=O)NCCC(=O)Nc1cccc(NC(=O)c2ccc(Cl)c(Cl)c2)c1. The highest BCUT2D eigenvalue weighted by molar-refractivity contribution is 6.42. The minimum atomic E-state index is -0.603. The summed E-state index contributed by atoms with van der Waals surface area (Å²) in [6.45, 7) is 5.40. The lowest BCUT2D eigenvalue weighted by Gasteiger charge is -2.19. The van der Waals surface area contributed by atoms with Crippen LogP contribution >= 0.6 is 23.2 Å². The lowest BCUT2D eigenvalue weighted by Crippen LogP contribution is -2.34. The van der Waals surface area contributed by atoms with Crippen LogP contribution in [0.15, 0.2) is 42.5 Å². The molecule has 2 aromatic rings. The van der Waals surface area contributed by atoms with Gasteiger partial charge in [0.1, 0.15) is 5.60 Å². The molecule has 160 valence electrons. The predicted molar refractivity (Wildman–Crippen MR) is 118 cm³/mol. The quantitative estimate of drug-likeness (QED) is 0.568. The number of carbonyl (C=O) groups is 3. The Morgan fingerprint density at radius 3 is 2.23 bits per heavy atom. The molecule has 0 saturated carbocycles. The van der Waals surface area contributed by atoms with E-state index in [1.807, 2.05) is 0 Å². The van der Waals surface area contributed by atoms with Crippen LogP contribution in [-0.4, -0.2) is 30.1 Å². The molecule has 0 aromatic heterocycles. The Morgan fingerprint density at radius 2 is 1.60 bits per heavy atom. The lowest BCUT2D eigenvalue weighted by molar-refractivity contribution is -0.116. The predicted octanol–water partition coefficient (Wildman–Crippen LogP) is 5.10. The minimum absolute atomic E-state index is 0.0686. The van der Waals surface area contributed by atoms with Crippen LogP contribution in [-0.2, 0) is 9.53 Å². The summed E-state index contributed by atoms with van der Waals surface area (Å²) in [6.07, 6.45) is -0.513. The number of amides is 3. The van der Waals surface area contributed by atoms with Crippen LogP contribution in [0, 0.1) is 0 Å². The fourth-order valence-electron chi connectivity index (χ4n) is 2.33. The zero-order chi connectivity index (χ0) is 22.3. The first kappa shape index (κ1) is 23.5. The van der Waals surface area contributed by atoms with Crippen molar-refractivity contribution in [1.82, 2.24) is 5.32 Å². The van der Waals surface area contributed by atoms with Crippen molar-refractivity contribution in [2.45, 2.75) is 32.8 Å². The molecule has 0 aliphatic heterocycles. The molecule has 0 unspecified atom stereocenters. The van der Waals surface area contributed by atoms with E-state index in [1.165, 1.54) is 6.07 Å². The van der Waals surface area contributed by atoms with Gasteiger partial charge in [0.25, 0.3) is 5.91 Å². The molecule has 0 bridgehead atoms. The smallest absolute Gasteiger partial charge is 0.407 e. The van der Waals surface area contributed by atoms with Crippen molar-refractivity contribution in [2.24, 2.45) is 0 Å². The van der Waals surface area contributed by atoms with Crippen LogP contribution in [0.2, 0.25) is 10.0 Å². The maximum absolute atomic E-state index is 12.4. The van der Waals surface area contributed by atoms with Gasteiger partial charge in [-0.2, -0.15) is 0 Å². The van der Waals surface area contributed by atoms with Crippen molar-refractivity contribution in [2.75, 3.05) is 17.2 Å². The van der Waals surface area contributed by atoms with Gasteiger partial charge in [0.05, 0.1) is 10.0 Å². The van der Waals surface area contributed by atoms with Gasteiger partial charge < -0.3 is 20.7 Å². The molecule has 7 nitrogen and oxygen atoms in total. The molecule has 0 heterocycles. The number of ether oxygens (including phenoxy) is 1. The van der Waals surface area contributed by atoms with Crippen molar-refractivity contribution < 1.29 is 19.1 Å². The molecule has 0 fully saturated rings. The van der Waals surface area contributed by atoms with Crippen LogP contribution in [0.4, 0.5) is 16.2 Å². The Balaban J connectivity index is 1.87. The van der Waals surface area contributed by atoms with E-state index in [2.05, 4.69) is 16.0 Å². The summed E-state index contributed by atoms with van der Waals surface area (Å²) in [7, 11) is 0. The van der Waals surface area contributed by atoms with Crippen LogP contribution in [0.5, 0.6) is 0 Å². The van der Waals surface area contributed by atoms with Crippen molar-refractivity contribution in [3.05, 3.63) is 58.1 Å². The average molecular weight is 452 g/mol. The van der Waals surface area contributed by atoms with Gasteiger partial charge in [-0.05, 0) is 57.2 Å². The van der Waals surface area contributed by atoms with E-state index >= 15 is 0 Å². The summed E-state index contributed by atoms with van der Waals surface area (Å²) in [6, 6.07) is 11.3. The fourth-order valence-corrected chi connectivity index (χ4v) is 2.63. The van der Waals surface area contributed by atoms with E-state index in [-0.39, 0.29) is 29.8 Å². The molecule has 9 heteroatoms. The average Bonchev–Trinajstić information content (AvgIpc) is 2.62. The van der Waals surface area contributed by atoms with Gasteiger partial charge in [-0.25, -0.2) is 4.79 Å². The molecule has 30 heavy (non-hydrogen) atoms. The molecule has 0 aliphatic carbocycles. The van der Waals surface area contributed by atoms with Crippen LogP contribution in [0.3, 0.4) is 0 Å². The summed E-state index contributed by atoms with van der Waals surface area (Å²) in [5.74, 6) is -0.655. The van der Waals surface area contributed by atoms with E-state index in [0.29, 0.717) is 22.0 Å². The Hall–Kier alpha value is -2.77.